The predicted molar refractivity (Wildman–Crippen MR) is 204 cm³/mol. The number of anilines is 2. The molecule has 6 rings (SSSR count). The standard InChI is InChI=1S/C34H25N9O10S3/c35-30-18-17-28-29(32(30)42-40-22-5-1-20(2-6-22)36-38-24-9-13-26(14-10-24)54(45,46)47)19-31(56(51,52)53)33(34(28)44)43-41-23-7-3-21(4-8-23)37-39-25-11-15-27(16-12-25)55(48,49)50/h1-19,41H,35H2,(H,45,46,47)(H,48,49,50)(H,51,52,53)/b38-36?,39-37?,42-40?,43-33+. The van der Waals surface area contributed by atoms with Crippen molar-refractivity contribution in [2.24, 2.45) is 35.8 Å². The number of hydrazone groups is 1. The topological polar surface area (TPSA) is 305 Å². The minimum atomic E-state index is -5.02. The van der Waals surface area contributed by atoms with Gasteiger partial charge in [0, 0.05) is 11.1 Å². The van der Waals surface area contributed by atoms with E-state index >= 15 is 0 Å². The van der Waals surface area contributed by atoms with Gasteiger partial charge in [-0.3, -0.25) is 23.9 Å². The number of nitrogens with two attached hydrogens (primary N) is 1. The van der Waals surface area contributed by atoms with E-state index in [4.69, 9.17) is 14.8 Å². The monoisotopic (exact) mass is 815 g/mol. The third-order valence-corrected chi connectivity index (χ3v) is 10.2. The second kappa shape index (κ2) is 15.6. The maximum Gasteiger partial charge on any atom is 0.296 e. The van der Waals surface area contributed by atoms with Crippen LogP contribution in [-0.4, -0.2) is 50.4 Å². The molecule has 19 nitrogen and oxygen atoms in total. The summed E-state index contributed by atoms with van der Waals surface area (Å²) in [6.07, 6.45) is 1.01. The molecule has 56 heavy (non-hydrogen) atoms. The molecule has 0 radical (unpaired) electrons. The van der Waals surface area contributed by atoms with Gasteiger partial charge in [-0.1, -0.05) is 0 Å². The van der Waals surface area contributed by atoms with E-state index in [2.05, 4.69) is 41.2 Å². The van der Waals surface area contributed by atoms with Crippen molar-refractivity contribution in [2.75, 3.05) is 11.2 Å². The molecule has 0 aromatic heterocycles. The summed E-state index contributed by atoms with van der Waals surface area (Å²) >= 11 is 0. The third-order valence-electron chi connectivity index (χ3n) is 7.61. The first-order chi connectivity index (χ1) is 26.5. The van der Waals surface area contributed by atoms with Gasteiger partial charge in [-0.05, 0) is 115 Å². The Kier molecular flexibility index (Phi) is 10.9. The van der Waals surface area contributed by atoms with Crippen molar-refractivity contribution in [3.05, 3.63) is 125 Å². The summed E-state index contributed by atoms with van der Waals surface area (Å²) in [5.41, 5.74) is 10.1. The zero-order valence-electron chi connectivity index (χ0n) is 28.1. The van der Waals surface area contributed by atoms with Gasteiger partial charge in [0.1, 0.15) is 10.6 Å². The maximum absolute atomic E-state index is 13.6. The number of allylic oxidation sites excluding steroid dienone is 1. The van der Waals surface area contributed by atoms with Crippen LogP contribution < -0.4 is 11.2 Å². The van der Waals surface area contributed by atoms with Crippen LogP contribution in [0.4, 0.5) is 45.5 Å². The molecular formula is C34H25N9O10S3. The van der Waals surface area contributed by atoms with Gasteiger partial charge in [-0.25, -0.2) is 0 Å². The minimum absolute atomic E-state index is 0.0261. The molecule has 5 aromatic rings. The second-order valence-electron chi connectivity index (χ2n) is 11.5. The lowest BCUT2D eigenvalue weighted by molar-refractivity contribution is 0.106. The van der Waals surface area contributed by atoms with Crippen molar-refractivity contribution in [1.29, 1.82) is 0 Å². The van der Waals surface area contributed by atoms with Crippen molar-refractivity contribution in [2.45, 2.75) is 9.79 Å². The zero-order valence-corrected chi connectivity index (χ0v) is 30.6. The summed E-state index contributed by atoms with van der Waals surface area (Å²) < 4.78 is 98.1. The summed E-state index contributed by atoms with van der Waals surface area (Å²) in [4.78, 5) is 12.2. The van der Waals surface area contributed by atoms with Gasteiger partial charge in [0.15, 0.2) is 5.71 Å². The lowest BCUT2D eigenvalue weighted by Crippen LogP contribution is -2.27. The Bertz CT molecular complexity index is 2840. The first kappa shape index (κ1) is 39.0. The Hall–Kier alpha value is -6.69. The number of azo groups is 3. The Morgan fingerprint density at radius 3 is 1.30 bits per heavy atom. The van der Waals surface area contributed by atoms with E-state index in [9.17, 15) is 34.6 Å². The summed E-state index contributed by atoms with van der Waals surface area (Å²) in [6, 6.07) is 25.0. The van der Waals surface area contributed by atoms with Crippen LogP contribution in [0.1, 0.15) is 15.9 Å². The first-order valence-electron chi connectivity index (χ1n) is 15.6. The quantitative estimate of drug-likeness (QED) is 0.0368. The number of carbonyl (C=O) groups is 1. The second-order valence-corrected chi connectivity index (χ2v) is 15.7. The molecule has 0 saturated heterocycles. The van der Waals surface area contributed by atoms with Gasteiger partial charge >= 0.3 is 0 Å². The van der Waals surface area contributed by atoms with Gasteiger partial charge in [-0.2, -0.15) is 55.9 Å². The number of nitrogens with zero attached hydrogens (tertiary/aromatic N) is 7. The number of hydrogen-bond donors (Lipinski definition) is 5. The third kappa shape index (κ3) is 9.33. The van der Waals surface area contributed by atoms with Crippen molar-refractivity contribution in [3.8, 4) is 0 Å². The molecule has 284 valence electrons. The molecule has 0 fully saturated rings. The SMILES string of the molecule is Nc1ccc2c(c1N=Nc1ccc(N=Nc3ccc(S(=O)(=O)O)cc3)cc1)C=C(S(=O)(=O)O)/C(=N\Nc1ccc(N=Nc3ccc(S(=O)(=O)O)cc3)cc1)C2=O. The number of fused-ring (bicyclic) bond motifs is 1. The van der Waals surface area contributed by atoms with Gasteiger partial charge in [0.05, 0.1) is 49.6 Å². The fraction of sp³-hybridized carbons (Fsp3) is 0. The molecular weight excluding hydrogens is 791 g/mol. The first-order valence-corrected chi connectivity index (χ1v) is 19.9. The van der Waals surface area contributed by atoms with Gasteiger partial charge in [-0.15, -0.1) is 5.11 Å². The molecule has 5 aromatic carbocycles. The largest absolute Gasteiger partial charge is 0.397 e. The summed E-state index contributed by atoms with van der Waals surface area (Å²) in [7, 11) is -13.7. The van der Waals surface area contributed by atoms with E-state index < -0.39 is 46.8 Å². The molecule has 1 aliphatic rings. The zero-order chi connectivity index (χ0) is 40.3. The number of hydrogen-bond acceptors (Lipinski definition) is 16. The minimum Gasteiger partial charge on any atom is -0.397 e. The fourth-order valence-corrected chi connectivity index (χ4v) is 6.45. The predicted octanol–water partition coefficient (Wildman–Crippen LogP) is 7.90. The van der Waals surface area contributed by atoms with Crippen LogP contribution in [0.2, 0.25) is 0 Å². The van der Waals surface area contributed by atoms with Gasteiger partial charge in [0.25, 0.3) is 30.4 Å². The van der Waals surface area contributed by atoms with E-state index in [1.807, 2.05) is 0 Å². The molecule has 0 aliphatic heterocycles. The molecule has 0 amide bonds. The Morgan fingerprint density at radius 1 is 0.500 bits per heavy atom. The average molecular weight is 816 g/mol. The van der Waals surface area contributed by atoms with Crippen LogP contribution in [0.25, 0.3) is 6.08 Å². The highest BCUT2D eigenvalue weighted by molar-refractivity contribution is 7.91. The highest BCUT2D eigenvalue weighted by Crippen LogP contribution is 2.38. The van der Waals surface area contributed by atoms with Gasteiger partial charge < -0.3 is 5.73 Å². The molecule has 22 heteroatoms. The number of benzene rings is 5. The molecule has 0 spiro atoms. The van der Waals surface area contributed by atoms with E-state index in [0.717, 1.165) is 6.08 Å². The van der Waals surface area contributed by atoms with E-state index in [-0.39, 0.29) is 32.3 Å². The number of rotatable bonds is 11. The van der Waals surface area contributed by atoms with Crippen molar-refractivity contribution >= 4 is 93.4 Å². The fourth-order valence-electron chi connectivity index (χ4n) is 4.84. The number of carbonyl (C=O) groups excluding carboxylic acids is 1. The molecule has 0 atom stereocenters. The van der Waals surface area contributed by atoms with Crippen LogP contribution in [0.5, 0.6) is 0 Å². The molecule has 0 saturated carbocycles. The maximum atomic E-state index is 13.6. The van der Waals surface area contributed by atoms with Crippen molar-refractivity contribution in [1.82, 2.24) is 0 Å². The summed E-state index contributed by atoms with van der Waals surface area (Å²) in [5, 5.41) is 28.4. The Morgan fingerprint density at radius 2 is 0.893 bits per heavy atom. The van der Waals surface area contributed by atoms with Crippen molar-refractivity contribution in [3.63, 3.8) is 0 Å². The number of nitrogens with one attached hydrogen (secondary N) is 1. The smallest absolute Gasteiger partial charge is 0.296 e. The number of Topliss-reactive ketones (excluding diaryl/α,β-unsaturated/α-hetero) is 1. The van der Waals surface area contributed by atoms with E-state index in [0.29, 0.717) is 34.1 Å². The number of ketones is 1. The van der Waals surface area contributed by atoms with Crippen LogP contribution in [-0.2, 0) is 30.4 Å². The van der Waals surface area contributed by atoms with Crippen LogP contribution >= 0.6 is 0 Å². The van der Waals surface area contributed by atoms with Crippen molar-refractivity contribution < 1.29 is 43.7 Å². The highest BCUT2D eigenvalue weighted by atomic mass is 32.2. The van der Waals surface area contributed by atoms with Crippen LogP contribution in [0.3, 0.4) is 0 Å². The van der Waals surface area contributed by atoms with E-state index in [1.165, 1.54) is 97.1 Å². The molecule has 6 N–H and O–H groups in total. The van der Waals surface area contributed by atoms with Crippen LogP contribution in [0.15, 0.2) is 160 Å². The van der Waals surface area contributed by atoms with Crippen LogP contribution in [0, 0.1) is 0 Å². The molecule has 0 unspecified atom stereocenters. The lowest BCUT2D eigenvalue weighted by atomic mass is 9.92. The highest BCUT2D eigenvalue weighted by Gasteiger charge is 2.34. The molecule has 1 aliphatic carbocycles. The lowest BCUT2D eigenvalue weighted by Gasteiger charge is -2.18. The van der Waals surface area contributed by atoms with Gasteiger partial charge in [0.2, 0.25) is 5.78 Å². The summed E-state index contributed by atoms with van der Waals surface area (Å²) in [6.45, 7) is 0. The Balaban J connectivity index is 1.19. The number of nitrogen functional groups attached to an aromatic ring is 1. The average Bonchev–Trinajstić information content (AvgIpc) is 3.15. The summed E-state index contributed by atoms with van der Waals surface area (Å²) in [5.74, 6) is -0.869. The normalized spacial score (nSPS) is 14.4. The Labute approximate surface area is 318 Å². The van der Waals surface area contributed by atoms with E-state index in [1.54, 1.807) is 12.1 Å². The molecule has 0 heterocycles. The molecule has 0 bridgehead atoms.